The molecule has 0 unspecified atom stereocenters. The number of fused-ring (bicyclic) bond motifs is 1. The molecular formula is C12H15N3O2S. The Kier molecular flexibility index (Phi) is 3.88. The van der Waals surface area contributed by atoms with E-state index in [1.807, 2.05) is 25.2 Å². The van der Waals surface area contributed by atoms with Crippen molar-refractivity contribution < 1.29 is 9.59 Å². The zero-order valence-corrected chi connectivity index (χ0v) is 11.1. The molecule has 0 aromatic heterocycles. The van der Waals surface area contributed by atoms with Crippen LogP contribution < -0.4 is 15.5 Å². The quantitative estimate of drug-likeness (QED) is 0.843. The Labute approximate surface area is 110 Å². The highest BCUT2D eigenvalue weighted by molar-refractivity contribution is 8.00. The average molecular weight is 265 g/mol. The lowest BCUT2D eigenvalue weighted by Gasteiger charge is -2.27. The van der Waals surface area contributed by atoms with Gasteiger partial charge in [-0.3, -0.25) is 4.79 Å². The Morgan fingerprint density at radius 1 is 1.44 bits per heavy atom. The van der Waals surface area contributed by atoms with Crippen LogP contribution in [0.2, 0.25) is 0 Å². The number of amides is 3. The summed E-state index contributed by atoms with van der Waals surface area (Å²) in [5.41, 5.74) is 1.71. The van der Waals surface area contributed by atoms with Gasteiger partial charge in [0.05, 0.1) is 11.4 Å². The van der Waals surface area contributed by atoms with Crippen LogP contribution >= 0.6 is 11.8 Å². The number of rotatable bonds is 2. The smallest absolute Gasteiger partial charge is 0.328 e. The fourth-order valence-corrected chi connectivity index (χ4v) is 2.72. The molecule has 1 aromatic rings. The normalized spacial score (nSPS) is 14.3. The number of thioether (sulfide) groups is 1. The van der Waals surface area contributed by atoms with Crippen LogP contribution in [0.25, 0.3) is 0 Å². The van der Waals surface area contributed by atoms with Crippen LogP contribution in [-0.2, 0) is 11.3 Å². The highest BCUT2D eigenvalue weighted by Crippen LogP contribution is 2.36. The fraction of sp³-hybridized carbons (Fsp3) is 0.333. The van der Waals surface area contributed by atoms with Crippen molar-refractivity contribution in [2.75, 3.05) is 24.7 Å². The second-order valence-corrected chi connectivity index (χ2v) is 4.92. The number of benzene rings is 1. The number of carbonyl (C=O) groups is 2. The summed E-state index contributed by atoms with van der Waals surface area (Å²) in [6.07, 6.45) is 0. The number of carbonyl (C=O) groups excluding carboxylic acids is 2. The molecule has 96 valence electrons. The molecule has 2 N–H and O–H groups in total. The Bertz CT molecular complexity index is 490. The lowest BCUT2D eigenvalue weighted by molar-refractivity contribution is -0.115. The molecule has 0 atom stereocenters. The van der Waals surface area contributed by atoms with Crippen LogP contribution in [0.5, 0.6) is 0 Å². The summed E-state index contributed by atoms with van der Waals surface area (Å²) < 4.78 is 0. The lowest BCUT2D eigenvalue weighted by Crippen LogP contribution is -2.45. The Balaban J connectivity index is 2.43. The molecule has 6 heteroatoms. The van der Waals surface area contributed by atoms with Gasteiger partial charge >= 0.3 is 6.03 Å². The molecule has 3 amide bonds. The van der Waals surface area contributed by atoms with Gasteiger partial charge in [0.15, 0.2) is 0 Å². The molecule has 0 aliphatic carbocycles. The number of anilines is 1. The molecule has 18 heavy (non-hydrogen) atoms. The number of nitrogens with zero attached hydrogens (tertiary/aromatic N) is 1. The molecule has 1 heterocycles. The van der Waals surface area contributed by atoms with E-state index in [9.17, 15) is 9.59 Å². The summed E-state index contributed by atoms with van der Waals surface area (Å²) in [6.45, 7) is 0.702. The van der Waals surface area contributed by atoms with Crippen LogP contribution in [0.15, 0.2) is 23.1 Å². The highest BCUT2D eigenvalue weighted by atomic mass is 32.2. The van der Waals surface area contributed by atoms with Crippen LogP contribution in [0, 0.1) is 0 Å². The molecule has 2 rings (SSSR count). The first-order valence-electron chi connectivity index (χ1n) is 5.62. The standard InChI is InChI=1S/C12H15N3O2S/c1-13-6-8-3-4-10-9(5-8)15(12(17)14-2)11(16)7-18-10/h3-5,13H,6-7H2,1-2H3,(H,14,17). The molecule has 5 nitrogen and oxygen atoms in total. The average Bonchev–Trinajstić information content (AvgIpc) is 2.38. The van der Waals surface area contributed by atoms with Crippen LogP contribution in [-0.4, -0.2) is 31.8 Å². The number of hydrogen-bond donors (Lipinski definition) is 2. The van der Waals surface area contributed by atoms with Gasteiger partial charge in [0.2, 0.25) is 5.91 Å². The van der Waals surface area contributed by atoms with Crippen LogP contribution in [0.3, 0.4) is 0 Å². The molecule has 0 bridgehead atoms. The fourth-order valence-electron chi connectivity index (χ4n) is 1.85. The number of urea groups is 1. The van der Waals surface area contributed by atoms with Gasteiger partial charge in [0.25, 0.3) is 0 Å². The van der Waals surface area contributed by atoms with Crippen molar-refractivity contribution in [2.24, 2.45) is 0 Å². The van der Waals surface area contributed by atoms with E-state index in [0.717, 1.165) is 10.5 Å². The minimum atomic E-state index is -0.386. The van der Waals surface area contributed by atoms with Crippen molar-refractivity contribution in [1.82, 2.24) is 10.6 Å². The first-order chi connectivity index (χ1) is 8.67. The van der Waals surface area contributed by atoms with E-state index < -0.39 is 0 Å². The Morgan fingerprint density at radius 3 is 2.89 bits per heavy atom. The predicted octanol–water partition coefficient (Wildman–Crippen LogP) is 1.18. The topological polar surface area (TPSA) is 61.4 Å². The summed E-state index contributed by atoms with van der Waals surface area (Å²) >= 11 is 1.46. The monoisotopic (exact) mass is 265 g/mol. The van der Waals surface area contributed by atoms with E-state index in [2.05, 4.69) is 10.6 Å². The summed E-state index contributed by atoms with van der Waals surface area (Å²) in [5, 5.41) is 5.55. The molecule has 0 saturated carbocycles. The third kappa shape index (κ3) is 2.34. The van der Waals surface area contributed by atoms with Gasteiger partial charge in [-0.2, -0.15) is 0 Å². The maximum absolute atomic E-state index is 11.9. The Hall–Kier alpha value is -1.53. The van der Waals surface area contributed by atoms with Gasteiger partial charge in [-0.1, -0.05) is 6.07 Å². The van der Waals surface area contributed by atoms with Crippen molar-refractivity contribution in [1.29, 1.82) is 0 Å². The predicted molar refractivity (Wildman–Crippen MR) is 71.9 cm³/mol. The second kappa shape index (κ2) is 5.41. The van der Waals surface area contributed by atoms with Gasteiger partial charge in [0.1, 0.15) is 0 Å². The maximum Gasteiger partial charge on any atom is 0.328 e. The van der Waals surface area contributed by atoms with Crippen molar-refractivity contribution in [3.05, 3.63) is 23.8 Å². The number of hydrogen-bond acceptors (Lipinski definition) is 4. The van der Waals surface area contributed by atoms with E-state index in [4.69, 9.17) is 0 Å². The molecule has 1 aliphatic heterocycles. The molecule has 0 radical (unpaired) electrons. The third-order valence-electron chi connectivity index (χ3n) is 2.66. The van der Waals surface area contributed by atoms with E-state index in [0.29, 0.717) is 18.0 Å². The molecule has 1 aromatic carbocycles. The van der Waals surface area contributed by atoms with E-state index >= 15 is 0 Å². The number of nitrogens with one attached hydrogen (secondary N) is 2. The summed E-state index contributed by atoms with van der Waals surface area (Å²) in [4.78, 5) is 25.8. The van der Waals surface area contributed by atoms with Gasteiger partial charge in [-0.15, -0.1) is 11.8 Å². The molecule has 1 aliphatic rings. The lowest BCUT2D eigenvalue weighted by atomic mass is 10.2. The molecule has 0 saturated heterocycles. The highest BCUT2D eigenvalue weighted by Gasteiger charge is 2.29. The van der Waals surface area contributed by atoms with E-state index in [1.54, 1.807) is 0 Å². The van der Waals surface area contributed by atoms with Gasteiger partial charge in [-0.05, 0) is 24.7 Å². The van der Waals surface area contributed by atoms with Gasteiger partial charge in [-0.25, -0.2) is 9.69 Å². The zero-order valence-electron chi connectivity index (χ0n) is 10.3. The summed E-state index contributed by atoms with van der Waals surface area (Å²) in [5.74, 6) is 0.111. The Morgan fingerprint density at radius 2 is 2.22 bits per heavy atom. The first-order valence-corrected chi connectivity index (χ1v) is 6.61. The van der Waals surface area contributed by atoms with E-state index in [1.165, 1.54) is 23.7 Å². The van der Waals surface area contributed by atoms with Crippen LogP contribution in [0.4, 0.5) is 10.5 Å². The van der Waals surface area contributed by atoms with Crippen molar-refractivity contribution in [3.63, 3.8) is 0 Å². The molecule has 0 spiro atoms. The zero-order chi connectivity index (χ0) is 13.1. The maximum atomic E-state index is 11.9. The SMILES string of the molecule is CNCc1ccc2c(c1)N(C(=O)NC)C(=O)CS2. The minimum Gasteiger partial charge on any atom is -0.340 e. The van der Waals surface area contributed by atoms with E-state index in [-0.39, 0.29) is 11.9 Å². The largest absolute Gasteiger partial charge is 0.340 e. The van der Waals surface area contributed by atoms with Gasteiger partial charge < -0.3 is 10.6 Å². The molecular weight excluding hydrogens is 250 g/mol. The van der Waals surface area contributed by atoms with Crippen molar-refractivity contribution in [2.45, 2.75) is 11.4 Å². The molecule has 0 fully saturated rings. The van der Waals surface area contributed by atoms with Crippen molar-refractivity contribution >= 4 is 29.4 Å². The number of imide groups is 1. The van der Waals surface area contributed by atoms with Gasteiger partial charge in [0, 0.05) is 18.5 Å². The second-order valence-electron chi connectivity index (χ2n) is 3.91. The van der Waals surface area contributed by atoms with Crippen LogP contribution in [0.1, 0.15) is 5.56 Å². The van der Waals surface area contributed by atoms with Crippen molar-refractivity contribution in [3.8, 4) is 0 Å². The summed E-state index contributed by atoms with van der Waals surface area (Å²) in [6, 6.07) is 5.45. The third-order valence-corrected chi connectivity index (χ3v) is 3.71. The minimum absolute atomic E-state index is 0.187. The summed E-state index contributed by atoms with van der Waals surface area (Å²) in [7, 11) is 3.38. The first kappa shape index (κ1) is 12.9.